The van der Waals surface area contributed by atoms with Crippen LogP contribution in [0.4, 0.5) is 15.8 Å². The molecule has 45 heavy (non-hydrogen) atoms. The highest BCUT2D eigenvalue weighted by Gasteiger charge is 2.54. The van der Waals surface area contributed by atoms with Gasteiger partial charge in [0.2, 0.25) is 6.41 Å². The van der Waals surface area contributed by atoms with Gasteiger partial charge >= 0.3 is 0 Å². The molecular weight excluding hydrogens is 575 g/mol. The smallest absolute Gasteiger partial charge is 0.211 e. The Balaban J connectivity index is 0.000000182. The summed E-state index contributed by atoms with van der Waals surface area (Å²) in [5, 5.41) is 7.16. The first-order chi connectivity index (χ1) is 21.7. The summed E-state index contributed by atoms with van der Waals surface area (Å²) in [6.07, 6.45) is 4.96. The zero-order valence-corrected chi connectivity index (χ0v) is 26.1. The number of fused-ring (bicyclic) bond motifs is 2. The second-order valence-corrected chi connectivity index (χ2v) is 11.0. The number of hydrogen-bond acceptors (Lipinski definition) is 8. The number of nitrogens with one attached hydrogen (secondary N) is 2. The van der Waals surface area contributed by atoms with E-state index in [1.165, 1.54) is 6.07 Å². The highest BCUT2D eigenvalue weighted by molar-refractivity contribution is 5.88. The van der Waals surface area contributed by atoms with Crippen LogP contribution >= 0.6 is 0 Å². The average molecular weight is 613 g/mol. The van der Waals surface area contributed by atoms with Crippen LogP contribution < -0.4 is 24.8 Å². The third kappa shape index (κ3) is 7.64. The molecule has 0 radical (unpaired) electrons. The van der Waals surface area contributed by atoms with Gasteiger partial charge in [-0.15, -0.1) is 0 Å². The summed E-state index contributed by atoms with van der Waals surface area (Å²) in [7, 11) is 4.84. The van der Waals surface area contributed by atoms with Gasteiger partial charge < -0.3 is 29.6 Å². The van der Waals surface area contributed by atoms with E-state index in [-0.39, 0.29) is 5.75 Å². The van der Waals surface area contributed by atoms with Crippen molar-refractivity contribution in [3.63, 3.8) is 0 Å². The number of amides is 1. The van der Waals surface area contributed by atoms with E-state index in [2.05, 4.69) is 41.4 Å². The molecule has 5 aromatic rings. The van der Waals surface area contributed by atoms with Crippen molar-refractivity contribution in [2.75, 3.05) is 31.9 Å². The van der Waals surface area contributed by atoms with Crippen LogP contribution in [0.2, 0.25) is 0 Å². The average Bonchev–Trinajstić information content (AvgIpc) is 3.56. The number of pyridine rings is 2. The van der Waals surface area contributed by atoms with Crippen molar-refractivity contribution in [3.8, 4) is 23.0 Å². The van der Waals surface area contributed by atoms with Gasteiger partial charge in [-0.3, -0.25) is 14.8 Å². The Kier molecular flexibility index (Phi) is 10.5. The van der Waals surface area contributed by atoms with Crippen molar-refractivity contribution >= 4 is 45.9 Å². The van der Waals surface area contributed by atoms with Gasteiger partial charge in [0.05, 0.1) is 37.1 Å². The number of benzene rings is 3. The third-order valence-electron chi connectivity index (χ3n) is 8.07. The topological polar surface area (TPSA) is 112 Å². The Labute approximate surface area is 261 Å². The molecule has 2 aromatic heterocycles. The fourth-order valence-corrected chi connectivity index (χ4v) is 4.85. The van der Waals surface area contributed by atoms with E-state index >= 15 is 0 Å². The molecule has 1 fully saturated rings. The van der Waals surface area contributed by atoms with Crippen molar-refractivity contribution in [1.82, 2.24) is 9.97 Å². The lowest BCUT2D eigenvalue weighted by Gasteiger charge is -2.13. The number of halogens is 1. The molecule has 0 bridgehead atoms. The Morgan fingerprint density at radius 2 is 1.56 bits per heavy atom. The SMILES string of the molecule is CC1C(C=O)C1(C)C.CNc1ccc(Oc2ccnc3cc(OC)c(OC)cc23)c(F)c1.O=CNc1cnc2ccccc2c1. The maximum atomic E-state index is 14.2. The molecular formula is C35H37FN4O5. The van der Waals surface area contributed by atoms with Crippen LogP contribution in [0.1, 0.15) is 20.8 Å². The maximum absolute atomic E-state index is 14.2. The fourth-order valence-electron chi connectivity index (χ4n) is 4.85. The largest absolute Gasteiger partial charge is 0.493 e. The second kappa shape index (κ2) is 14.5. The number of nitrogens with zero attached hydrogens (tertiary/aromatic N) is 2. The van der Waals surface area contributed by atoms with Gasteiger partial charge in [0.25, 0.3) is 0 Å². The van der Waals surface area contributed by atoms with Gasteiger partial charge in [0, 0.05) is 47.8 Å². The van der Waals surface area contributed by atoms with Gasteiger partial charge in [-0.1, -0.05) is 39.0 Å². The molecule has 9 nitrogen and oxygen atoms in total. The van der Waals surface area contributed by atoms with E-state index in [1.54, 1.807) is 64.0 Å². The molecule has 1 amide bonds. The number of para-hydroxylation sites is 1. The van der Waals surface area contributed by atoms with Crippen LogP contribution in [0.3, 0.4) is 0 Å². The number of carbonyl (C=O) groups excluding carboxylic acids is 2. The number of aromatic nitrogens is 2. The predicted octanol–water partition coefficient (Wildman–Crippen LogP) is 7.51. The normalized spacial score (nSPS) is 15.8. The van der Waals surface area contributed by atoms with Crippen LogP contribution in [0.5, 0.6) is 23.0 Å². The summed E-state index contributed by atoms with van der Waals surface area (Å²) in [5.41, 5.74) is 3.29. The van der Waals surface area contributed by atoms with E-state index < -0.39 is 5.82 Å². The number of anilines is 2. The minimum absolute atomic E-state index is 0.135. The summed E-state index contributed by atoms with van der Waals surface area (Å²) in [6, 6.07) is 19.5. The van der Waals surface area contributed by atoms with E-state index in [1.807, 2.05) is 30.3 Å². The fraction of sp³-hybridized carbons (Fsp3) is 0.257. The Hall–Kier alpha value is -5.25. The number of ether oxygens (including phenoxy) is 3. The van der Waals surface area contributed by atoms with Gasteiger partial charge in [-0.2, -0.15) is 0 Å². The number of rotatable bonds is 8. The molecule has 0 saturated heterocycles. The van der Waals surface area contributed by atoms with Crippen molar-refractivity contribution in [1.29, 1.82) is 0 Å². The first-order valence-electron chi connectivity index (χ1n) is 14.3. The van der Waals surface area contributed by atoms with Crippen LogP contribution in [-0.4, -0.2) is 43.9 Å². The maximum Gasteiger partial charge on any atom is 0.211 e. The van der Waals surface area contributed by atoms with Crippen LogP contribution in [0.15, 0.2) is 79.1 Å². The molecule has 1 aliphatic rings. The summed E-state index contributed by atoms with van der Waals surface area (Å²) >= 11 is 0. The molecule has 2 heterocycles. The van der Waals surface area contributed by atoms with Crippen LogP contribution in [0.25, 0.3) is 21.8 Å². The lowest BCUT2D eigenvalue weighted by molar-refractivity contribution is -0.109. The molecule has 234 valence electrons. The molecule has 3 aromatic carbocycles. The summed E-state index contributed by atoms with van der Waals surface area (Å²) in [4.78, 5) is 28.8. The van der Waals surface area contributed by atoms with Gasteiger partial charge in [0.1, 0.15) is 12.0 Å². The summed E-state index contributed by atoms with van der Waals surface area (Å²) in [6.45, 7) is 6.40. The number of methoxy groups -OCH3 is 2. The molecule has 0 spiro atoms. The number of carbonyl (C=O) groups is 2. The highest BCUT2D eigenvalue weighted by atomic mass is 19.1. The Bertz CT molecular complexity index is 1800. The van der Waals surface area contributed by atoms with Crippen LogP contribution in [0, 0.1) is 23.1 Å². The molecule has 1 saturated carbocycles. The molecule has 10 heteroatoms. The van der Waals surface area contributed by atoms with Gasteiger partial charge in [-0.25, -0.2) is 4.39 Å². The zero-order chi connectivity index (χ0) is 32.6. The minimum Gasteiger partial charge on any atom is -0.493 e. The van der Waals surface area contributed by atoms with E-state index in [4.69, 9.17) is 14.2 Å². The van der Waals surface area contributed by atoms with Crippen LogP contribution in [-0.2, 0) is 9.59 Å². The molecule has 2 atom stereocenters. The van der Waals surface area contributed by atoms with E-state index in [0.717, 1.165) is 17.2 Å². The lowest BCUT2D eigenvalue weighted by Crippen LogP contribution is -1.95. The summed E-state index contributed by atoms with van der Waals surface area (Å²) < 4.78 is 30.5. The molecule has 1 aliphatic carbocycles. The molecule has 2 unspecified atom stereocenters. The Morgan fingerprint density at radius 3 is 2.16 bits per heavy atom. The lowest BCUT2D eigenvalue weighted by atomic mass is 10.1. The highest BCUT2D eigenvalue weighted by Crippen LogP contribution is 2.56. The summed E-state index contributed by atoms with van der Waals surface area (Å²) in [5.74, 6) is 2.23. The standard InChI is InChI=1S/C18H17FN2O3.C10H8N2O.C7H12O/c1-20-11-4-5-16(13(19)8-11)24-15-6-7-21-14-10-18(23-3)17(22-2)9-12(14)15;13-7-12-9-5-8-3-1-2-4-10(8)11-6-9;1-5-6(4-8)7(5,2)3/h4-10,20H,1-3H3;1-7H,(H,12,13);4-6H,1-3H3. The molecule has 2 N–H and O–H groups in total. The van der Waals surface area contributed by atoms with Gasteiger partial charge in [0.15, 0.2) is 23.1 Å². The minimum atomic E-state index is -0.452. The zero-order valence-electron chi connectivity index (χ0n) is 26.1. The van der Waals surface area contributed by atoms with Crippen molar-refractivity contribution in [2.45, 2.75) is 20.8 Å². The number of aldehydes is 1. The third-order valence-corrected chi connectivity index (χ3v) is 8.07. The van der Waals surface area contributed by atoms with Gasteiger partial charge in [-0.05, 0) is 47.7 Å². The predicted molar refractivity (Wildman–Crippen MR) is 175 cm³/mol. The first kappa shape index (κ1) is 32.7. The Morgan fingerprint density at radius 1 is 0.844 bits per heavy atom. The molecule has 0 aliphatic heterocycles. The van der Waals surface area contributed by atoms with Crippen molar-refractivity contribution < 1.29 is 28.2 Å². The van der Waals surface area contributed by atoms with E-state index in [9.17, 15) is 14.0 Å². The van der Waals surface area contributed by atoms with E-state index in [0.29, 0.717) is 63.2 Å². The number of hydrogen-bond donors (Lipinski definition) is 2. The molecule has 6 rings (SSSR count). The second-order valence-electron chi connectivity index (χ2n) is 11.0. The quantitative estimate of drug-likeness (QED) is 0.173. The van der Waals surface area contributed by atoms with Crippen molar-refractivity contribution in [2.24, 2.45) is 17.3 Å². The van der Waals surface area contributed by atoms with Crippen molar-refractivity contribution in [3.05, 3.63) is 84.9 Å². The monoisotopic (exact) mass is 612 g/mol. The first-order valence-corrected chi connectivity index (χ1v) is 14.3.